The highest BCUT2D eigenvalue weighted by Crippen LogP contribution is 2.17. The lowest BCUT2D eigenvalue weighted by molar-refractivity contribution is -0.384. The number of nitrogens with zero attached hydrogens (tertiary/aromatic N) is 2. The van der Waals surface area contributed by atoms with Crippen LogP contribution in [0.5, 0.6) is 5.75 Å². The molecule has 0 unspecified atom stereocenters. The van der Waals surface area contributed by atoms with Gasteiger partial charge in [-0.25, -0.2) is 10.2 Å². The van der Waals surface area contributed by atoms with Crippen LogP contribution in [0.2, 0.25) is 5.02 Å². The van der Waals surface area contributed by atoms with E-state index < -0.39 is 22.7 Å². The minimum absolute atomic E-state index is 0.138. The van der Waals surface area contributed by atoms with Crippen molar-refractivity contribution in [2.45, 2.75) is 0 Å². The van der Waals surface area contributed by atoms with Crippen molar-refractivity contribution in [3.8, 4) is 5.75 Å². The topological polar surface area (TPSA) is 140 Å². The predicted molar refractivity (Wildman–Crippen MR) is 124 cm³/mol. The van der Waals surface area contributed by atoms with Crippen LogP contribution in [-0.4, -0.2) is 35.5 Å². The number of carbonyl (C=O) groups excluding carboxylic acids is 3. The third kappa shape index (κ3) is 6.97. The normalized spacial score (nSPS) is 10.5. The van der Waals surface area contributed by atoms with Gasteiger partial charge in [-0.05, 0) is 54.1 Å². The van der Waals surface area contributed by atoms with Crippen molar-refractivity contribution in [1.29, 1.82) is 0 Å². The van der Waals surface area contributed by atoms with Gasteiger partial charge in [0, 0.05) is 22.7 Å². The fourth-order valence-corrected chi connectivity index (χ4v) is 2.75. The van der Waals surface area contributed by atoms with Gasteiger partial charge in [-0.3, -0.25) is 19.7 Å². The number of rotatable bonds is 8. The zero-order valence-electron chi connectivity index (χ0n) is 17.4. The highest BCUT2D eigenvalue weighted by Gasteiger charge is 2.12. The highest BCUT2D eigenvalue weighted by atomic mass is 35.5. The van der Waals surface area contributed by atoms with Crippen molar-refractivity contribution in [1.82, 2.24) is 10.7 Å². The first-order chi connectivity index (χ1) is 16.3. The largest absolute Gasteiger partial charge is 0.423 e. The minimum atomic E-state index is -0.686. The van der Waals surface area contributed by atoms with Gasteiger partial charge < -0.3 is 10.1 Å². The summed E-state index contributed by atoms with van der Waals surface area (Å²) in [5, 5.41) is 17.5. The lowest BCUT2D eigenvalue weighted by atomic mass is 10.2. The zero-order chi connectivity index (χ0) is 24.5. The summed E-state index contributed by atoms with van der Waals surface area (Å²) >= 11 is 5.77. The van der Waals surface area contributed by atoms with E-state index in [1.54, 1.807) is 30.3 Å². The summed E-state index contributed by atoms with van der Waals surface area (Å²) in [5.74, 6) is -1.44. The molecule has 3 aromatic rings. The van der Waals surface area contributed by atoms with Crippen LogP contribution >= 0.6 is 11.6 Å². The van der Waals surface area contributed by atoms with Crippen LogP contribution in [0.4, 0.5) is 5.69 Å². The molecule has 3 rings (SSSR count). The number of esters is 1. The van der Waals surface area contributed by atoms with Crippen LogP contribution in [0.15, 0.2) is 77.9 Å². The van der Waals surface area contributed by atoms with Crippen molar-refractivity contribution in [3.63, 3.8) is 0 Å². The van der Waals surface area contributed by atoms with Gasteiger partial charge >= 0.3 is 5.97 Å². The van der Waals surface area contributed by atoms with Gasteiger partial charge in [0.15, 0.2) is 0 Å². The van der Waals surface area contributed by atoms with E-state index in [-0.39, 0.29) is 23.5 Å². The molecule has 2 amide bonds. The molecular weight excluding hydrogens is 464 g/mol. The molecule has 0 radical (unpaired) electrons. The second-order valence-electron chi connectivity index (χ2n) is 6.75. The van der Waals surface area contributed by atoms with Gasteiger partial charge in [0.05, 0.1) is 23.2 Å². The quantitative estimate of drug-likeness (QED) is 0.166. The van der Waals surface area contributed by atoms with E-state index in [0.717, 1.165) is 0 Å². The molecule has 3 aromatic carbocycles. The number of nitro benzene ring substituents is 1. The minimum Gasteiger partial charge on any atom is -0.423 e. The van der Waals surface area contributed by atoms with Crippen LogP contribution in [0.3, 0.4) is 0 Å². The molecule has 0 saturated carbocycles. The first-order valence-corrected chi connectivity index (χ1v) is 10.1. The van der Waals surface area contributed by atoms with Crippen LogP contribution in [-0.2, 0) is 4.79 Å². The lowest BCUT2D eigenvalue weighted by Crippen LogP contribution is -2.34. The molecule has 0 aliphatic carbocycles. The van der Waals surface area contributed by atoms with E-state index in [4.69, 9.17) is 16.3 Å². The number of benzene rings is 3. The SMILES string of the molecule is O=C(CNC(=O)c1ccc(Cl)cc1)NN=Cc1cccc(OC(=O)c2ccc([N+](=O)[O-])cc2)c1. The molecule has 0 fully saturated rings. The van der Waals surface area contributed by atoms with Crippen molar-refractivity contribution < 1.29 is 24.0 Å². The third-order valence-corrected chi connectivity index (χ3v) is 4.55. The predicted octanol–water partition coefficient (Wildman–Crippen LogP) is 3.35. The van der Waals surface area contributed by atoms with Crippen LogP contribution in [0, 0.1) is 10.1 Å². The number of carbonyl (C=O) groups is 3. The molecular formula is C23H17ClN4O6. The number of nitro groups is 1. The summed E-state index contributed by atoms with van der Waals surface area (Å²) in [7, 11) is 0. The Morgan fingerprint density at radius 2 is 1.68 bits per heavy atom. The monoisotopic (exact) mass is 480 g/mol. The van der Waals surface area contributed by atoms with Crippen molar-refractivity contribution in [2.75, 3.05) is 6.54 Å². The fraction of sp³-hybridized carbons (Fsp3) is 0.0435. The smallest absolute Gasteiger partial charge is 0.343 e. The Kier molecular flexibility index (Phi) is 8.03. The molecule has 11 heteroatoms. The first-order valence-electron chi connectivity index (χ1n) is 9.74. The molecule has 172 valence electrons. The standard InChI is InChI=1S/C23H17ClN4O6/c24-18-8-4-16(5-9-18)22(30)25-14-21(29)27-26-13-15-2-1-3-20(12-15)34-23(31)17-6-10-19(11-7-17)28(32)33/h1-13H,14H2,(H,25,30)(H,27,29). The molecule has 34 heavy (non-hydrogen) atoms. The molecule has 0 atom stereocenters. The summed E-state index contributed by atoms with van der Waals surface area (Å²) in [6.45, 7) is -0.286. The Morgan fingerprint density at radius 3 is 2.35 bits per heavy atom. The maximum atomic E-state index is 12.2. The van der Waals surface area contributed by atoms with E-state index in [1.165, 1.54) is 48.7 Å². The summed E-state index contributed by atoms with van der Waals surface area (Å²) in [5.41, 5.74) is 3.18. The van der Waals surface area contributed by atoms with E-state index >= 15 is 0 Å². The maximum absolute atomic E-state index is 12.2. The maximum Gasteiger partial charge on any atom is 0.343 e. The molecule has 0 heterocycles. The number of hydrogen-bond donors (Lipinski definition) is 2. The summed E-state index contributed by atoms with van der Waals surface area (Å²) < 4.78 is 5.27. The van der Waals surface area contributed by atoms with Crippen LogP contribution in [0.25, 0.3) is 0 Å². The Morgan fingerprint density at radius 1 is 1.00 bits per heavy atom. The van der Waals surface area contributed by atoms with Crippen molar-refractivity contribution >= 4 is 41.3 Å². The van der Waals surface area contributed by atoms with Gasteiger partial charge in [-0.15, -0.1) is 0 Å². The number of hydrazone groups is 1. The molecule has 10 nitrogen and oxygen atoms in total. The Balaban J connectivity index is 1.50. The molecule has 2 N–H and O–H groups in total. The molecule has 0 aliphatic rings. The highest BCUT2D eigenvalue weighted by molar-refractivity contribution is 6.30. The number of halogens is 1. The van der Waals surface area contributed by atoms with Gasteiger partial charge in [0.1, 0.15) is 5.75 Å². The van der Waals surface area contributed by atoms with Gasteiger partial charge in [-0.1, -0.05) is 23.7 Å². The Hall–Kier alpha value is -4.57. The number of ether oxygens (including phenoxy) is 1. The van der Waals surface area contributed by atoms with E-state index in [0.29, 0.717) is 16.1 Å². The van der Waals surface area contributed by atoms with E-state index in [2.05, 4.69) is 15.8 Å². The number of amides is 2. The molecule has 0 bridgehead atoms. The average Bonchev–Trinajstić information content (AvgIpc) is 2.83. The molecule has 0 saturated heterocycles. The summed E-state index contributed by atoms with van der Waals surface area (Å²) in [4.78, 5) is 46.2. The van der Waals surface area contributed by atoms with Gasteiger partial charge in [0.2, 0.25) is 0 Å². The van der Waals surface area contributed by atoms with Crippen molar-refractivity contribution in [3.05, 3.63) is 105 Å². The summed E-state index contributed by atoms with van der Waals surface area (Å²) in [6.07, 6.45) is 1.34. The van der Waals surface area contributed by atoms with Gasteiger partial charge in [-0.2, -0.15) is 5.10 Å². The van der Waals surface area contributed by atoms with Crippen LogP contribution in [0.1, 0.15) is 26.3 Å². The second-order valence-corrected chi connectivity index (χ2v) is 7.19. The zero-order valence-corrected chi connectivity index (χ0v) is 18.2. The van der Waals surface area contributed by atoms with Crippen molar-refractivity contribution in [2.24, 2.45) is 5.10 Å². The molecule has 0 spiro atoms. The Bertz CT molecular complexity index is 1240. The first kappa shape index (κ1) is 24.1. The van der Waals surface area contributed by atoms with Crippen LogP contribution < -0.4 is 15.5 Å². The Labute approximate surface area is 198 Å². The number of nitrogens with one attached hydrogen (secondary N) is 2. The molecule has 0 aliphatic heterocycles. The fourth-order valence-electron chi connectivity index (χ4n) is 2.63. The second kappa shape index (κ2) is 11.3. The average molecular weight is 481 g/mol. The van der Waals surface area contributed by atoms with E-state index in [1.807, 2.05) is 0 Å². The molecule has 0 aromatic heterocycles. The third-order valence-electron chi connectivity index (χ3n) is 4.30. The number of non-ortho nitro benzene ring substituents is 1. The number of hydrogen-bond acceptors (Lipinski definition) is 7. The lowest BCUT2D eigenvalue weighted by Gasteiger charge is -2.05. The van der Waals surface area contributed by atoms with E-state index in [9.17, 15) is 24.5 Å². The van der Waals surface area contributed by atoms with Gasteiger partial charge in [0.25, 0.3) is 17.5 Å². The summed E-state index contributed by atoms with van der Waals surface area (Å²) in [6, 6.07) is 17.6.